The van der Waals surface area contributed by atoms with E-state index in [0.29, 0.717) is 0 Å². The highest BCUT2D eigenvalue weighted by molar-refractivity contribution is 7.80. The summed E-state index contributed by atoms with van der Waals surface area (Å²) in [6.45, 7) is 5.26. The van der Waals surface area contributed by atoms with Crippen molar-refractivity contribution in [2.75, 3.05) is 6.54 Å². The van der Waals surface area contributed by atoms with Crippen molar-refractivity contribution in [1.29, 1.82) is 0 Å². The van der Waals surface area contributed by atoms with E-state index >= 15 is 0 Å². The highest BCUT2D eigenvalue weighted by Gasteiger charge is 2.39. The molecule has 1 fully saturated rings. The molecule has 1 aliphatic heterocycles. The van der Waals surface area contributed by atoms with Gasteiger partial charge in [0, 0.05) is 6.54 Å². The Morgan fingerprint density at radius 1 is 1.68 bits per heavy atom. The first-order valence-corrected chi connectivity index (χ1v) is 6.06. The first-order valence-electron chi connectivity index (χ1n) is 5.25. The molecule has 1 rings (SSSR count). The van der Waals surface area contributed by atoms with Gasteiger partial charge in [0.2, 0.25) is 11.8 Å². The van der Waals surface area contributed by atoms with Crippen LogP contribution in [0.3, 0.4) is 0 Å². The van der Waals surface area contributed by atoms with Gasteiger partial charge in [-0.15, -0.1) is 6.58 Å². The van der Waals surface area contributed by atoms with Gasteiger partial charge in [0.05, 0.1) is 5.71 Å². The van der Waals surface area contributed by atoms with Crippen LogP contribution in [-0.2, 0) is 9.59 Å². The van der Waals surface area contributed by atoms with Gasteiger partial charge >= 0.3 is 0 Å². The van der Waals surface area contributed by atoms with E-state index in [0.717, 1.165) is 0 Å². The minimum absolute atomic E-state index is 0.0542. The molecule has 1 saturated heterocycles. The van der Waals surface area contributed by atoms with Gasteiger partial charge < -0.3 is 11.1 Å². The predicted molar refractivity (Wildman–Crippen MR) is 79.2 cm³/mol. The van der Waals surface area contributed by atoms with E-state index in [9.17, 15) is 9.59 Å². The van der Waals surface area contributed by atoms with Crippen LogP contribution in [-0.4, -0.2) is 39.2 Å². The molecule has 0 aromatic rings. The van der Waals surface area contributed by atoms with Gasteiger partial charge in [0.1, 0.15) is 0 Å². The number of hydrogen-bond donors (Lipinski definition) is 3. The fraction of sp³-hybridized carbons (Fsp3) is 0.300. The van der Waals surface area contributed by atoms with Crippen LogP contribution in [0.25, 0.3) is 0 Å². The molecule has 0 radical (unpaired) electrons. The maximum atomic E-state index is 12.2. The van der Waals surface area contributed by atoms with Crippen LogP contribution in [0.2, 0.25) is 0 Å². The van der Waals surface area contributed by atoms with Gasteiger partial charge in [-0.3, -0.25) is 19.9 Å². The minimum atomic E-state index is -1.06. The van der Waals surface area contributed by atoms with Crippen LogP contribution in [0, 0.1) is 5.92 Å². The second kappa shape index (κ2) is 6.34. The van der Waals surface area contributed by atoms with Gasteiger partial charge in [0.15, 0.2) is 16.1 Å². The molecule has 102 valence electrons. The molecule has 9 heteroatoms. The van der Waals surface area contributed by atoms with Crippen molar-refractivity contribution < 1.29 is 9.59 Å². The number of thiocarbonyl (C=S) groups is 2. The van der Waals surface area contributed by atoms with Crippen molar-refractivity contribution in [3.63, 3.8) is 0 Å². The second-order valence-electron chi connectivity index (χ2n) is 3.69. The van der Waals surface area contributed by atoms with Crippen molar-refractivity contribution in [2.24, 2.45) is 16.8 Å². The van der Waals surface area contributed by atoms with E-state index in [1.807, 2.05) is 0 Å². The number of hydrogen-bond acceptors (Lipinski definition) is 5. The Morgan fingerprint density at radius 3 is 2.84 bits per heavy atom. The van der Waals surface area contributed by atoms with Crippen molar-refractivity contribution in [1.82, 2.24) is 15.6 Å². The summed E-state index contributed by atoms with van der Waals surface area (Å²) in [6.07, 6.45) is 1.51. The lowest BCUT2D eigenvalue weighted by atomic mass is 10.00. The van der Waals surface area contributed by atoms with Crippen LogP contribution in [0.15, 0.2) is 17.8 Å². The number of nitrogens with one attached hydrogen (secondary N) is 2. The zero-order valence-electron chi connectivity index (χ0n) is 10.2. The first-order chi connectivity index (χ1) is 8.88. The molecule has 2 amide bonds. The van der Waals surface area contributed by atoms with E-state index < -0.39 is 17.7 Å². The fourth-order valence-corrected chi connectivity index (χ4v) is 1.80. The maximum Gasteiger partial charge on any atom is 0.247 e. The maximum absolute atomic E-state index is 12.2. The molecule has 1 atom stereocenters. The number of carbonyl (C=O) groups excluding carboxylic acids is 2. The highest BCUT2D eigenvalue weighted by Crippen LogP contribution is 2.12. The molecule has 0 bridgehead atoms. The van der Waals surface area contributed by atoms with E-state index in [1.54, 1.807) is 0 Å². The van der Waals surface area contributed by atoms with Crippen molar-refractivity contribution in [3.8, 4) is 0 Å². The summed E-state index contributed by atoms with van der Waals surface area (Å²) >= 11 is 9.51. The van der Waals surface area contributed by atoms with Crippen molar-refractivity contribution >= 4 is 52.2 Å². The van der Waals surface area contributed by atoms with E-state index in [2.05, 4.69) is 34.6 Å². The smallest absolute Gasteiger partial charge is 0.247 e. The normalized spacial score (nSPS) is 20.1. The van der Waals surface area contributed by atoms with Crippen LogP contribution < -0.4 is 16.5 Å². The lowest BCUT2D eigenvalue weighted by Crippen LogP contribution is -2.59. The molecule has 0 aliphatic carbocycles. The zero-order chi connectivity index (χ0) is 14.6. The van der Waals surface area contributed by atoms with Crippen LogP contribution in [0.5, 0.6) is 0 Å². The van der Waals surface area contributed by atoms with Crippen LogP contribution in [0.1, 0.15) is 6.92 Å². The number of carbonyl (C=O) groups is 2. The average Bonchev–Trinajstić information content (AvgIpc) is 2.31. The van der Waals surface area contributed by atoms with Crippen LogP contribution >= 0.6 is 24.4 Å². The molecule has 0 aromatic carbocycles. The topological polar surface area (TPSA) is 99.8 Å². The molecule has 0 spiro atoms. The summed E-state index contributed by atoms with van der Waals surface area (Å²) in [4.78, 5) is 25.2. The monoisotopic (exact) mass is 299 g/mol. The van der Waals surface area contributed by atoms with E-state index in [4.69, 9.17) is 18.0 Å². The molecule has 0 aromatic heterocycles. The summed E-state index contributed by atoms with van der Waals surface area (Å²) in [5.74, 6) is -2.05. The standard InChI is InChI=1S/C10H13N5O2S2/c1-3-4-15-8(17)6(7(16)12-10(15)19)5(2)13-14-9(11)18/h3,6H,1,4H2,2H3,(H3,11,14,18)(H,12,16,19)/b13-5-/t6-/m1/s1. The summed E-state index contributed by atoms with van der Waals surface area (Å²) < 4.78 is 0. The second-order valence-corrected chi connectivity index (χ2v) is 4.52. The molecule has 7 nitrogen and oxygen atoms in total. The summed E-state index contributed by atoms with van der Waals surface area (Å²) in [7, 11) is 0. The fourth-order valence-electron chi connectivity index (χ4n) is 1.49. The molecule has 1 heterocycles. The number of nitrogens with zero attached hydrogens (tertiary/aromatic N) is 2. The van der Waals surface area contributed by atoms with Gasteiger partial charge in [0.25, 0.3) is 0 Å². The molecular weight excluding hydrogens is 286 g/mol. The number of rotatable bonds is 4. The Bertz CT molecular complexity index is 488. The third-order valence-corrected chi connectivity index (χ3v) is 2.74. The quantitative estimate of drug-likeness (QED) is 0.207. The van der Waals surface area contributed by atoms with Crippen molar-refractivity contribution in [3.05, 3.63) is 12.7 Å². The predicted octanol–water partition coefficient (Wildman–Crippen LogP) is -0.759. The zero-order valence-corrected chi connectivity index (χ0v) is 11.8. The van der Waals surface area contributed by atoms with Gasteiger partial charge in [-0.2, -0.15) is 5.10 Å². The first kappa shape index (κ1) is 15.2. The lowest BCUT2D eigenvalue weighted by Gasteiger charge is -2.31. The Hall–Kier alpha value is -1.87. The van der Waals surface area contributed by atoms with E-state index in [-0.39, 0.29) is 22.5 Å². The van der Waals surface area contributed by atoms with E-state index in [1.165, 1.54) is 17.9 Å². The molecule has 0 unspecified atom stereocenters. The molecule has 4 N–H and O–H groups in total. The number of hydrazone groups is 1. The van der Waals surface area contributed by atoms with Gasteiger partial charge in [-0.05, 0) is 31.4 Å². The summed E-state index contributed by atoms with van der Waals surface area (Å²) in [5, 5.41) is 6.23. The Balaban J connectivity index is 2.98. The van der Waals surface area contributed by atoms with Crippen molar-refractivity contribution in [2.45, 2.75) is 6.92 Å². The lowest BCUT2D eigenvalue weighted by molar-refractivity contribution is -0.137. The molecule has 0 saturated carbocycles. The average molecular weight is 299 g/mol. The SMILES string of the molecule is C=CCN1C(=O)[C@H](/C(C)=N\NC(N)=S)C(=O)NC1=S. The Labute approximate surface area is 120 Å². The molecule has 19 heavy (non-hydrogen) atoms. The highest BCUT2D eigenvalue weighted by atomic mass is 32.1. The summed E-state index contributed by atoms with van der Waals surface area (Å²) in [5.41, 5.74) is 7.80. The van der Waals surface area contributed by atoms with Gasteiger partial charge in [-0.1, -0.05) is 6.08 Å². The van der Waals surface area contributed by atoms with Crippen LogP contribution in [0.4, 0.5) is 0 Å². The third kappa shape index (κ3) is 3.55. The van der Waals surface area contributed by atoms with Gasteiger partial charge in [-0.25, -0.2) is 0 Å². The summed E-state index contributed by atoms with van der Waals surface area (Å²) in [6, 6.07) is 0. The minimum Gasteiger partial charge on any atom is -0.375 e. The Morgan fingerprint density at radius 2 is 2.32 bits per heavy atom. The molecule has 1 aliphatic rings. The largest absolute Gasteiger partial charge is 0.375 e. The Kier molecular flexibility index (Phi) is 5.07. The number of nitrogens with two attached hydrogens (primary N) is 1. The third-order valence-electron chi connectivity index (χ3n) is 2.32. The number of amides is 2. The molecular formula is C10H13N5O2S2.